The van der Waals surface area contributed by atoms with Gasteiger partial charge in [0, 0.05) is 18.0 Å². The van der Waals surface area contributed by atoms with Crippen LogP contribution in [0.15, 0.2) is 43.0 Å². The van der Waals surface area contributed by atoms with Crippen molar-refractivity contribution in [3.63, 3.8) is 0 Å². The van der Waals surface area contributed by atoms with E-state index in [2.05, 4.69) is 55.0 Å². The van der Waals surface area contributed by atoms with Gasteiger partial charge in [-0.25, -0.2) is 9.97 Å². The number of benzene rings is 1. The van der Waals surface area contributed by atoms with Gasteiger partial charge in [0.1, 0.15) is 6.33 Å². The monoisotopic (exact) mass is 212 g/mol. The zero-order valence-electron chi connectivity index (χ0n) is 9.94. The van der Waals surface area contributed by atoms with Crippen molar-refractivity contribution >= 4 is 0 Å². The van der Waals surface area contributed by atoms with E-state index in [1.807, 2.05) is 12.4 Å². The van der Waals surface area contributed by atoms with Gasteiger partial charge in [-0.1, -0.05) is 45.0 Å². The number of aromatic nitrogens is 2. The Kier molecular flexibility index (Phi) is 2.73. The van der Waals surface area contributed by atoms with E-state index in [0.717, 1.165) is 11.1 Å². The van der Waals surface area contributed by atoms with Crippen molar-refractivity contribution in [2.45, 2.75) is 26.2 Å². The number of hydrogen-bond donors (Lipinski definition) is 0. The SMILES string of the molecule is CC(C)(C)c1ccc(-c2cncnc2)cc1. The molecule has 2 heteroatoms. The molecule has 2 rings (SSSR count). The quantitative estimate of drug-likeness (QED) is 0.723. The van der Waals surface area contributed by atoms with Crippen LogP contribution in [0.4, 0.5) is 0 Å². The topological polar surface area (TPSA) is 25.8 Å². The molecular weight excluding hydrogens is 196 g/mol. The number of hydrogen-bond acceptors (Lipinski definition) is 2. The Bertz CT molecular complexity index is 452. The third kappa shape index (κ3) is 2.27. The lowest BCUT2D eigenvalue weighted by Gasteiger charge is -2.19. The van der Waals surface area contributed by atoms with Crippen LogP contribution in [0.5, 0.6) is 0 Å². The minimum absolute atomic E-state index is 0.200. The molecule has 0 fully saturated rings. The molecule has 0 spiro atoms. The summed E-state index contributed by atoms with van der Waals surface area (Å²) in [6.07, 6.45) is 5.21. The molecule has 0 aliphatic rings. The predicted octanol–water partition coefficient (Wildman–Crippen LogP) is 3.44. The first kappa shape index (κ1) is 10.8. The fourth-order valence-corrected chi connectivity index (χ4v) is 1.61. The van der Waals surface area contributed by atoms with Crippen LogP contribution in [-0.4, -0.2) is 9.97 Å². The molecular formula is C14H16N2. The van der Waals surface area contributed by atoms with Crippen LogP contribution in [0.2, 0.25) is 0 Å². The van der Waals surface area contributed by atoms with Gasteiger partial charge in [-0.3, -0.25) is 0 Å². The maximum atomic E-state index is 4.02. The highest BCUT2D eigenvalue weighted by molar-refractivity contribution is 5.61. The van der Waals surface area contributed by atoms with Gasteiger partial charge in [0.05, 0.1) is 0 Å². The summed E-state index contributed by atoms with van der Waals surface area (Å²) in [4.78, 5) is 8.04. The van der Waals surface area contributed by atoms with Gasteiger partial charge in [0.2, 0.25) is 0 Å². The smallest absolute Gasteiger partial charge is 0.115 e. The summed E-state index contributed by atoms with van der Waals surface area (Å²) in [5.41, 5.74) is 3.76. The average molecular weight is 212 g/mol. The highest BCUT2D eigenvalue weighted by Crippen LogP contribution is 2.25. The van der Waals surface area contributed by atoms with E-state index in [-0.39, 0.29) is 5.41 Å². The van der Waals surface area contributed by atoms with Crippen molar-refractivity contribution in [2.75, 3.05) is 0 Å². The second kappa shape index (κ2) is 4.05. The molecule has 0 atom stereocenters. The Morgan fingerprint density at radius 3 is 1.88 bits per heavy atom. The minimum Gasteiger partial charge on any atom is -0.244 e. The second-order valence-corrected chi connectivity index (χ2v) is 4.95. The van der Waals surface area contributed by atoms with Crippen molar-refractivity contribution in [3.8, 4) is 11.1 Å². The van der Waals surface area contributed by atoms with Crippen LogP contribution in [0.25, 0.3) is 11.1 Å². The average Bonchev–Trinajstić information content (AvgIpc) is 2.29. The maximum Gasteiger partial charge on any atom is 0.115 e. The van der Waals surface area contributed by atoms with Crippen LogP contribution in [-0.2, 0) is 5.41 Å². The molecule has 2 aromatic rings. The molecule has 1 heterocycles. The molecule has 0 amide bonds. The first-order chi connectivity index (χ1) is 7.57. The van der Waals surface area contributed by atoms with Crippen LogP contribution in [0.1, 0.15) is 26.3 Å². The Hall–Kier alpha value is -1.70. The highest BCUT2D eigenvalue weighted by atomic mass is 14.8. The van der Waals surface area contributed by atoms with E-state index in [4.69, 9.17) is 0 Å². The standard InChI is InChI=1S/C14H16N2/c1-14(2,3)13-6-4-11(5-7-13)12-8-15-10-16-9-12/h4-10H,1-3H3. The van der Waals surface area contributed by atoms with Crippen LogP contribution in [0, 0.1) is 0 Å². The Morgan fingerprint density at radius 1 is 0.812 bits per heavy atom. The fraction of sp³-hybridized carbons (Fsp3) is 0.286. The molecule has 0 radical (unpaired) electrons. The van der Waals surface area contributed by atoms with E-state index < -0.39 is 0 Å². The van der Waals surface area contributed by atoms with Crippen LogP contribution < -0.4 is 0 Å². The largest absolute Gasteiger partial charge is 0.244 e. The zero-order chi connectivity index (χ0) is 11.6. The summed E-state index contributed by atoms with van der Waals surface area (Å²) in [6.45, 7) is 6.65. The van der Waals surface area contributed by atoms with Gasteiger partial charge in [-0.2, -0.15) is 0 Å². The Labute approximate surface area is 96.4 Å². The number of rotatable bonds is 1. The molecule has 0 saturated heterocycles. The van der Waals surface area contributed by atoms with Crippen molar-refractivity contribution in [1.29, 1.82) is 0 Å². The first-order valence-electron chi connectivity index (χ1n) is 5.43. The predicted molar refractivity (Wildman–Crippen MR) is 66.2 cm³/mol. The van der Waals surface area contributed by atoms with Crippen LogP contribution >= 0.6 is 0 Å². The molecule has 1 aromatic carbocycles. The van der Waals surface area contributed by atoms with Gasteiger partial charge >= 0.3 is 0 Å². The van der Waals surface area contributed by atoms with Gasteiger partial charge in [-0.15, -0.1) is 0 Å². The lowest BCUT2D eigenvalue weighted by molar-refractivity contribution is 0.590. The molecule has 82 valence electrons. The molecule has 2 nitrogen and oxygen atoms in total. The van der Waals surface area contributed by atoms with Crippen molar-refractivity contribution < 1.29 is 0 Å². The zero-order valence-corrected chi connectivity index (χ0v) is 9.94. The van der Waals surface area contributed by atoms with E-state index >= 15 is 0 Å². The summed E-state index contributed by atoms with van der Waals surface area (Å²) in [5.74, 6) is 0. The van der Waals surface area contributed by atoms with Gasteiger partial charge < -0.3 is 0 Å². The molecule has 0 unspecified atom stereocenters. The van der Waals surface area contributed by atoms with Gasteiger partial charge in [-0.05, 0) is 16.5 Å². The van der Waals surface area contributed by atoms with Crippen LogP contribution in [0.3, 0.4) is 0 Å². The molecule has 16 heavy (non-hydrogen) atoms. The maximum absolute atomic E-state index is 4.02. The normalized spacial score (nSPS) is 11.4. The Morgan fingerprint density at radius 2 is 1.38 bits per heavy atom. The van der Waals surface area contributed by atoms with E-state index in [0.29, 0.717) is 0 Å². The molecule has 0 bridgehead atoms. The third-order valence-corrected chi connectivity index (χ3v) is 2.64. The molecule has 0 saturated carbocycles. The Balaban J connectivity index is 2.34. The fourth-order valence-electron chi connectivity index (χ4n) is 1.61. The van der Waals surface area contributed by atoms with Crippen molar-refractivity contribution in [3.05, 3.63) is 48.5 Å². The number of nitrogens with zero attached hydrogens (tertiary/aromatic N) is 2. The van der Waals surface area contributed by atoms with E-state index in [1.165, 1.54) is 5.56 Å². The second-order valence-electron chi connectivity index (χ2n) is 4.95. The summed E-state index contributed by atoms with van der Waals surface area (Å²) >= 11 is 0. The van der Waals surface area contributed by atoms with Crippen molar-refractivity contribution in [1.82, 2.24) is 9.97 Å². The first-order valence-corrected chi connectivity index (χ1v) is 5.43. The summed E-state index contributed by atoms with van der Waals surface area (Å²) in [7, 11) is 0. The van der Waals surface area contributed by atoms with Gasteiger partial charge in [0.15, 0.2) is 0 Å². The van der Waals surface area contributed by atoms with Crippen molar-refractivity contribution in [2.24, 2.45) is 0 Å². The lowest BCUT2D eigenvalue weighted by atomic mass is 9.86. The molecule has 0 N–H and O–H groups in total. The summed E-state index contributed by atoms with van der Waals surface area (Å²) in [6, 6.07) is 8.59. The minimum atomic E-state index is 0.200. The molecule has 1 aromatic heterocycles. The third-order valence-electron chi connectivity index (χ3n) is 2.64. The summed E-state index contributed by atoms with van der Waals surface area (Å²) in [5, 5.41) is 0. The molecule has 0 aliphatic heterocycles. The highest BCUT2D eigenvalue weighted by Gasteiger charge is 2.12. The van der Waals surface area contributed by atoms with Gasteiger partial charge in [0.25, 0.3) is 0 Å². The summed E-state index contributed by atoms with van der Waals surface area (Å²) < 4.78 is 0. The van der Waals surface area contributed by atoms with E-state index in [9.17, 15) is 0 Å². The molecule has 0 aliphatic carbocycles. The lowest BCUT2D eigenvalue weighted by Crippen LogP contribution is -2.10. The van der Waals surface area contributed by atoms with E-state index in [1.54, 1.807) is 6.33 Å².